The van der Waals surface area contributed by atoms with Crippen LogP contribution in [0.5, 0.6) is 0 Å². The lowest BCUT2D eigenvalue weighted by Crippen LogP contribution is -2.44. The molecule has 1 saturated carbocycles. The molecule has 0 radical (unpaired) electrons. The summed E-state index contributed by atoms with van der Waals surface area (Å²) in [6, 6.07) is 12.2. The minimum absolute atomic E-state index is 0.137. The van der Waals surface area contributed by atoms with Gasteiger partial charge in [-0.05, 0) is 80.8 Å². The number of aromatic nitrogens is 1. The highest BCUT2D eigenvalue weighted by Crippen LogP contribution is 2.41. The van der Waals surface area contributed by atoms with Crippen LogP contribution in [0, 0.1) is 6.92 Å². The quantitative estimate of drug-likeness (QED) is 0.218. The molecule has 0 bridgehead atoms. The molecule has 8 nitrogen and oxygen atoms in total. The molecule has 228 valence electrons. The van der Waals surface area contributed by atoms with Crippen molar-refractivity contribution in [3.05, 3.63) is 76.6 Å². The summed E-state index contributed by atoms with van der Waals surface area (Å²) in [7, 11) is 2.04. The van der Waals surface area contributed by atoms with E-state index in [1.165, 1.54) is 6.07 Å². The molecule has 0 atom stereocenters. The van der Waals surface area contributed by atoms with Crippen molar-refractivity contribution in [3.63, 3.8) is 0 Å². The van der Waals surface area contributed by atoms with E-state index in [1.807, 2.05) is 33.0 Å². The number of benzene rings is 2. The molecule has 2 aromatic carbocycles. The first-order valence-corrected chi connectivity index (χ1v) is 14.6. The average molecular weight is 594 g/mol. The van der Waals surface area contributed by atoms with Crippen molar-refractivity contribution < 1.29 is 18.0 Å². The molecule has 1 saturated heterocycles. The smallest absolute Gasteiger partial charge is 0.383 e. The molecular formula is C32H38F3N7O. The Bertz CT molecular complexity index is 1490. The van der Waals surface area contributed by atoms with Crippen LogP contribution in [0.3, 0.4) is 0 Å². The molecule has 1 aliphatic carbocycles. The first kappa shape index (κ1) is 30.5. The molecular weight excluding hydrogens is 555 g/mol. The molecule has 3 aromatic rings. The van der Waals surface area contributed by atoms with Gasteiger partial charge in [-0.25, -0.2) is 4.79 Å². The lowest BCUT2D eigenvalue weighted by molar-refractivity contribution is -0.137. The number of aryl methyl sites for hydroxylation is 1. The number of anilines is 2. The van der Waals surface area contributed by atoms with E-state index in [9.17, 15) is 18.0 Å². The summed E-state index contributed by atoms with van der Waals surface area (Å²) in [5, 5.41) is 5.42. The number of amides is 2. The van der Waals surface area contributed by atoms with Gasteiger partial charge >= 0.3 is 12.2 Å². The number of hydrogen-bond acceptors (Lipinski definition) is 5. The Kier molecular flexibility index (Phi) is 9.03. The van der Waals surface area contributed by atoms with Crippen molar-refractivity contribution >= 4 is 23.2 Å². The van der Waals surface area contributed by atoms with E-state index in [2.05, 4.69) is 31.5 Å². The Morgan fingerprint density at radius 1 is 1.05 bits per heavy atom. The average Bonchev–Trinajstić information content (AvgIpc) is 3.80. The van der Waals surface area contributed by atoms with Crippen LogP contribution in [0.4, 0.5) is 29.3 Å². The first-order chi connectivity index (χ1) is 20.5. The topological polar surface area (TPSA) is 98.9 Å². The van der Waals surface area contributed by atoms with Crippen LogP contribution >= 0.6 is 0 Å². The van der Waals surface area contributed by atoms with Crippen molar-refractivity contribution in [3.8, 4) is 11.1 Å². The van der Waals surface area contributed by atoms with Gasteiger partial charge in [0, 0.05) is 73.5 Å². The number of urea groups is 1. The number of nitrogens with one attached hydrogen (secondary N) is 2. The molecule has 1 aliphatic heterocycles. The summed E-state index contributed by atoms with van der Waals surface area (Å²) >= 11 is 0. The number of likely N-dealkylation sites (N-methyl/N-ethyl adjacent to an activating group) is 1. The molecule has 0 unspecified atom stereocenters. The molecule has 4 N–H and O–H groups in total. The minimum atomic E-state index is -4.52. The number of halogens is 3. The van der Waals surface area contributed by atoms with E-state index in [4.69, 9.17) is 10.7 Å². The molecule has 5 rings (SSSR count). The van der Waals surface area contributed by atoms with Gasteiger partial charge in [0.05, 0.1) is 5.56 Å². The largest absolute Gasteiger partial charge is 0.416 e. The van der Waals surface area contributed by atoms with Crippen molar-refractivity contribution in [2.75, 3.05) is 50.4 Å². The highest BCUT2D eigenvalue weighted by Gasteiger charge is 2.31. The summed E-state index contributed by atoms with van der Waals surface area (Å²) in [5.41, 5.74) is 11.3. The highest BCUT2D eigenvalue weighted by atomic mass is 19.4. The fourth-order valence-electron chi connectivity index (χ4n) is 5.36. The summed E-state index contributed by atoms with van der Waals surface area (Å²) in [6.45, 7) is 8.20. The van der Waals surface area contributed by atoms with Gasteiger partial charge in [-0.3, -0.25) is 14.9 Å². The third-order valence-corrected chi connectivity index (χ3v) is 7.93. The van der Waals surface area contributed by atoms with E-state index in [0.29, 0.717) is 36.1 Å². The summed E-state index contributed by atoms with van der Waals surface area (Å²) in [5.74, 6) is 0.886. The van der Waals surface area contributed by atoms with Gasteiger partial charge in [-0.1, -0.05) is 18.2 Å². The van der Waals surface area contributed by atoms with Crippen LogP contribution in [0.2, 0.25) is 0 Å². The van der Waals surface area contributed by atoms with Crippen LogP contribution < -0.4 is 16.4 Å². The number of alkyl halides is 3. The molecule has 1 aromatic heterocycles. The highest BCUT2D eigenvalue weighted by molar-refractivity contribution is 6.05. The van der Waals surface area contributed by atoms with Crippen molar-refractivity contribution in [1.29, 1.82) is 0 Å². The van der Waals surface area contributed by atoms with Crippen LogP contribution in [-0.2, 0) is 12.7 Å². The van der Waals surface area contributed by atoms with Gasteiger partial charge in [0.1, 0.15) is 5.84 Å². The summed E-state index contributed by atoms with van der Waals surface area (Å²) in [4.78, 5) is 26.6. The number of amidine groups is 1. The zero-order chi connectivity index (χ0) is 30.7. The van der Waals surface area contributed by atoms with Crippen molar-refractivity contribution in [1.82, 2.24) is 14.8 Å². The number of carbonyl (C=O) groups is 1. The molecule has 0 spiro atoms. The molecule has 2 amide bonds. The second-order valence-electron chi connectivity index (χ2n) is 11.3. The monoisotopic (exact) mass is 593 g/mol. The van der Waals surface area contributed by atoms with E-state index in [-0.39, 0.29) is 5.69 Å². The number of pyridine rings is 1. The van der Waals surface area contributed by atoms with Crippen LogP contribution in [0.15, 0.2) is 53.5 Å². The van der Waals surface area contributed by atoms with Gasteiger partial charge < -0.3 is 21.3 Å². The van der Waals surface area contributed by atoms with Crippen LogP contribution in [0.1, 0.15) is 53.8 Å². The molecule has 43 heavy (non-hydrogen) atoms. The van der Waals surface area contributed by atoms with Gasteiger partial charge in [-0.2, -0.15) is 13.2 Å². The number of nitrogens with two attached hydrogens (primary N) is 1. The lowest BCUT2D eigenvalue weighted by Gasteiger charge is -2.32. The van der Waals surface area contributed by atoms with Crippen LogP contribution in [-0.4, -0.2) is 66.4 Å². The Morgan fingerprint density at radius 3 is 2.37 bits per heavy atom. The normalized spacial score (nSPS) is 16.7. The Labute approximate surface area is 250 Å². The zero-order valence-corrected chi connectivity index (χ0v) is 24.8. The van der Waals surface area contributed by atoms with Gasteiger partial charge in [0.15, 0.2) is 0 Å². The number of nitrogens with zero attached hydrogens (tertiary/aromatic N) is 4. The number of piperazine rings is 1. The summed E-state index contributed by atoms with van der Waals surface area (Å²) in [6.07, 6.45) is -2.29. The molecule has 2 aliphatic rings. The minimum Gasteiger partial charge on any atom is -0.383 e. The van der Waals surface area contributed by atoms with E-state index in [1.54, 1.807) is 12.1 Å². The Morgan fingerprint density at radius 2 is 1.74 bits per heavy atom. The third-order valence-electron chi connectivity index (χ3n) is 7.93. The zero-order valence-electron chi connectivity index (χ0n) is 24.8. The summed E-state index contributed by atoms with van der Waals surface area (Å²) < 4.78 is 40.6. The molecule has 11 heteroatoms. The van der Waals surface area contributed by atoms with Crippen molar-refractivity contribution in [2.24, 2.45) is 10.7 Å². The second kappa shape index (κ2) is 12.7. The molecule has 2 fully saturated rings. The SMILES string of the molecule is CCN=C(N)c1c(-c2ccc(NC(=O)Nc3cc(C(F)(F)F)ccc3CN3CCN(C)CC3)cc2)cc(C2CC2)nc1C. The number of rotatable bonds is 8. The van der Waals surface area contributed by atoms with E-state index < -0.39 is 17.8 Å². The van der Waals surface area contributed by atoms with Gasteiger partial charge in [-0.15, -0.1) is 0 Å². The number of carbonyl (C=O) groups excluding carboxylic acids is 1. The fraction of sp³-hybridized carbons (Fsp3) is 0.406. The third kappa shape index (κ3) is 7.52. The molecule has 2 heterocycles. The lowest BCUT2D eigenvalue weighted by atomic mass is 9.96. The Balaban J connectivity index is 1.35. The number of hydrogen-bond donors (Lipinski definition) is 3. The fourth-order valence-corrected chi connectivity index (χ4v) is 5.36. The maximum Gasteiger partial charge on any atom is 0.416 e. The standard InChI is InChI=1S/C32H38F3N7O/c1-4-37-30(36)29-20(2)38-28(22-5-6-22)18-26(29)21-8-11-25(12-9-21)39-31(43)40-27-17-24(32(33,34)35)10-7-23(27)19-42-15-13-41(3)14-16-42/h7-12,17-18,22H,4-6,13-16,19H2,1-3H3,(H2,36,37)(H2,39,40,43). The van der Waals surface area contributed by atoms with Gasteiger partial charge in [0.2, 0.25) is 0 Å². The Hall–Kier alpha value is -3.96. The van der Waals surface area contributed by atoms with E-state index >= 15 is 0 Å². The second-order valence-corrected chi connectivity index (χ2v) is 11.3. The predicted octanol–water partition coefficient (Wildman–Crippen LogP) is 6.07. The van der Waals surface area contributed by atoms with Crippen molar-refractivity contribution in [2.45, 2.75) is 45.3 Å². The number of aliphatic imine (C=N–C) groups is 1. The maximum atomic E-state index is 13.5. The predicted molar refractivity (Wildman–Crippen MR) is 165 cm³/mol. The van der Waals surface area contributed by atoms with E-state index in [0.717, 1.165) is 79.2 Å². The van der Waals surface area contributed by atoms with Crippen LogP contribution in [0.25, 0.3) is 11.1 Å². The van der Waals surface area contributed by atoms with Gasteiger partial charge in [0.25, 0.3) is 0 Å². The maximum absolute atomic E-state index is 13.5. The first-order valence-electron chi connectivity index (χ1n) is 14.6.